The Kier molecular flexibility index (Phi) is 7.21. The van der Waals surface area contributed by atoms with Crippen LogP contribution in [0.4, 0.5) is 29.2 Å². The number of hydrogen-bond acceptors (Lipinski definition) is 8. The zero-order chi connectivity index (χ0) is 28.6. The van der Waals surface area contributed by atoms with Gasteiger partial charge in [0.05, 0.1) is 28.1 Å². The van der Waals surface area contributed by atoms with Crippen molar-refractivity contribution in [2.75, 3.05) is 17.1 Å². The van der Waals surface area contributed by atoms with Gasteiger partial charge in [0.2, 0.25) is 5.95 Å². The van der Waals surface area contributed by atoms with E-state index in [-0.39, 0.29) is 27.8 Å². The van der Waals surface area contributed by atoms with Gasteiger partial charge in [-0.3, -0.25) is 9.71 Å². The summed E-state index contributed by atoms with van der Waals surface area (Å²) < 4.78 is 86.6. The number of anilines is 2. The molecule has 0 saturated carbocycles. The zero-order valence-corrected chi connectivity index (χ0v) is 22.3. The normalized spacial score (nSPS) is 11.4. The first kappa shape index (κ1) is 27.1. The molecule has 3 heterocycles. The Morgan fingerprint density at radius 2 is 1.75 bits per heavy atom. The molecule has 0 spiro atoms. The summed E-state index contributed by atoms with van der Waals surface area (Å²) in [6, 6.07) is 8.50. The van der Waals surface area contributed by atoms with E-state index in [0.29, 0.717) is 16.1 Å². The molecule has 8 nitrogen and oxygen atoms in total. The summed E-state index contributed by atoms with van der Waals surface area (Å²) in [6.07, 6.45) is 3.89. The Morgan fingerprint density at radius 3 is 2.50 bits per heavy atom. The summed E-state index contributed by atoms with van der Waals surface area (Å²) in [5.74, 6) is -4.00. The maximum Gasteiger partial charge on any atom is 0.267 e. The molecular formula is C26H18F4N6O2S2. The Balaban J connectivity index is 1.65. The fourth-order valence-electron chi connectivity index (χ4n) is 3.80. The number of pyridine rings is 1. The van der Waals surface area contributed by atoms with Crippen LogP contribution in [0.5, 0.6) is 0 Å². The van der Waals surface area contributed by atoms with Gasteiger partial charge in [-0.15, -0.1) is 11.3 Å². The van der Waals surface area contributed by atoms with Gasteiger partial charge in [0.1, 0.15) is 22.5 Å². The second-order valence-electron chi connectivity index (χ2n) is 8.38. The number of hydrogen-bond donors (Lipinski definition) is 2. The monoisotopic (exact) mass is 586 g/mol. The molecule has 0 radical (unpaired) electrons. The van der Waals surface area contributed by atoms with Gasteiger partial charge < -0.3 is 5.32 Å². The molecule has 5 rings (SSSR count). The molecule has 0 atom stereocenters. The van der Waals surface area contributed by atoms with Crippen molar-refractivity contribution in [2.24, 2.45) is 0 Å². The maximum absolute atomic E-state index is 15.9. The van der Waals surface area contributed by atoms with Crippen LogP contribution >= 0.6 is 11.3 Å². The molecule has 2 N–H and O–H groups in total. The molecule has 0 amide bonds. The lowest BCUT2D eigenvalue weighted by Gasteiger charge is -2.13. The molecule has 0 unspecified atom stereocenters. The minimum absolute atomic E-state index is 0.0662. The smallest absolute Gasteiger partial charge is 0.267 e. The predicted molar refractivity (Wildman–Crippen MR) is 143 cm³/mol. The van der Waals surface area contributed by atoms with Gasteiger partial charge in [-0.05, 0) is 42.8 Å². The topological polar surface area (TPSA) is 110 Å². The van der Waals surface area contributed by atoms with Gasteiger partial charge in [0, 0.05) is 30.6 Å². The number of aryl methyl sites for hydroxylation is 1. The van der Waals surface area contributed by atoms with E-state index in [0.717, 1.165) is 35.7 Å². The molecule has 14 heteroatoms. The molecule has 3 aromatic heterocycles. The van der Waals surface area contributed by atoms with Crippen LogP contribution in [0.3, 0.4) is 0 Å². The van der Waals surface area contributed by atoms with Crippen molar-refractivity contribution in [3.8, 4) is 32.4 Å². The average molecular weight is 587 g/mol. The number of nitrogens with one attached hydrogen (secondary N) is 2. The molecule has 40 heavy (non-hydrogen) atoms. The number of rotatable bonds is 7. The highest BCUT2D eigenvalue weighted by atomic mass is 32.2. The van der Waals surface area contributed by atoms with Gasteiger partial charge in [-0.1, -0.05) is 12.1 Å². The van der Waals surface area contributed by atoms with Crippen molar-refractivity contribution >= 4 is 33.0 Å². The van der Waals surface area contributed by atoms with Gasteiger partial charge in [0.25, 0.3) is 10.0 Å². The summed E-state index contributed by atoms with van der Waals surface area (Å²) >= 11 is 1.08. The summed E-state index contributed by atoms with van der Waals surface area (Å²) in [7, 11) is -3.25. The van der Waals surface area contributed by atoms with E-state index in [1.165, 1.54) is 37.5 Å². The highest BCUT2D eigenvalue weighted by Crippen LogP contribution is 2.42. The van der Waals surface area contributed by atoms with E-state index in [1.54, 1.807) is 13.1 Å². The van der Waals surface area contributed by atoms with E-state index >= 15 is 4.39 Å². The number of halogens is 4. The van der Waals surface area contributed by atoms with Gasteiger partial charge in [-0.2, -0.15) is 0 Å². The Morgan fingerprint density at radius 1 is 0.950 bits per heavy atom. The first-order valence-corrected chi connectivity index (χ1v) is 13.8. The van der Waals surface area contributed by atoms with Crippen LogP contribution in [-0.2, 0) is 10.0 Å². The molecular weight excluding hydrogens is 568 g/mol. The van der Waals surface area contributed by atoms with E-state index in [4.69, 9.17) is 0 Å². The third kappa shape index (κ3) is 5.10. The van der Waals surface area contributed by atoms with E-state index in [2.05, 4.69) is 25.3 Å². The average Bonchev–Trinajstić information content (AvgIpc) is 3.37. The Bertz CT molecular complexity index is 1860. The number of sulfonamides is 1. The van der Waals surface area contributed by atoms with Crippen LogP contribution in [-0.4, -0.2) is 35.4 Å². The molecule has 0 aliphatic heterocycles. The summed E-state index contributed by atoms with van der Waals surface area (Å²) in [4.78, 5) is 16.0. The first-order chi connectivity index (χ1) is 19.1. The fourth-order valence-corrected chi connectivity index (χ4v) is 6.10. The first-order valence-electron chi connectivity index (χ1n) is 11.5. The molecule has 0 aliphatic rings. The van der Waals surface area contributed by atoms with Gasteiger partial charge >= 0.3 is 0 Å². The SMILES string of the molecule is CNc1nccc(-c2sc(-c3cncc(F)c3)nc2-c2cccc(NS(=O)(=O)c3c(F)ccc(C)c3F)c2F)n1. The van der Waals surface area contributed by atoms with E-state index in [1.807, 2.05) is 4.72 Å². The van der Waals surface area contributed by atoms with Crippen molar-refractivity contribution < 1.29 is 26.0 Å². The highest BCUT2D eigenvalue weighted by molar-refractivity contribution is 7.92. The molecule has 0 aliphatic carbocycles. The number of nitrogens with zero attached hydrogens (tertiary/aromatic N) is 4. The lowest BCUT2D eigenvalue weighted by Crippen LogP contribution is -2.18. The number of thiazole rings is 1. The minimum atomic E-state index is -4.87. The molecule has 5 aromatic rings. The number of benzene rings is 2. The fraction of sp³-hybridized carbons (Fsp3) is 0.0769. The predicted octanol–water partition coefficient (Wildman–Crippen LogP) is 6.04. The van der Waals surface area contributed by atoms with E-state index in [9.17, 15) is 21.6 Å². The van der Waals surface area contributed by atoms with Crippen molar-refractivity contribution in [1.29, 1.82) is 0 Å². The lowest BCUT2D eigenvalue weighted by molar-refractivity contribution is 0.516. The van der Waals surface area contributed by atoms with Gasteiger partial charge in [0.15, 0.2) is 10.7 Å². The van der Waals surface area contributed by atoms with Crippen LogP contribution in [0.15, 0.2) is 66.0 Å². The minimum Gasteiger partial charge on any atom is -0.357 e. The second kappa shape index (κ2) is 10.6. The van der Waals surface area contributed by atoms with Crippen LogP contribution in [0.1, 0.15) is 5.56 Å². The summed E-state index contributed by atoms with van der Waals surface area (Å²) in [6.45, 7) is 1.27. The Hall–Kier alpha value is -4.43. The molecule has 0 saturated heterocycles. The molecule has 2 aromatic carbocycles. The largest absolute Gasteiger partial charge is 0.357 e. The molecule has 204 valence electrons. The summed E-state index contributed by atoms with van der Waals surface area (Å²) in [5.41, 5.74) is -0.0641. The van der Waals surface area contributed by atoms with Gasteiger partial charge in [-0.25, -0.2) is 40.9 Å². The zero-order valence-electron chi connectivity index (χ0n) is 20.7. The van der Waals surface area contributed by atoms with Crippen molar-refractivity contribution in [3.63, 3.8) is 0 Å². The molecule has 0 bridgehead atoms. The van der Waals surface area contributed by atoms with Crippen molar-refractivity contribution in [3.05, 3.63) is 89.9 Å². The Labute approximate surface area is 229 Å². The number of aromatic nitrogens is 4. The highest BCUT2D eigenvalue weighted by Gasteiger charge is 2.28. The summed E-state index contributed by atoms with van der Waals surface area (Å²) in [5, 5.41) is 3.10. The van der Waals surface area contributed by atoms with Crippen LogP contribution in [0.2, 0.25) is 0 Å². The lowest BCUT2D eigenvalue weighted by atomic mass is 10.1. The third-order valence-corrected chi connectivity index (χ3v) is 8.23. The van der Waals surface area contributed by atoms with Crippen molar-refractivity contribution in [1.82, 2.24) is 19.9 Å². The maximum atomic E-state index is 15.9. The van der Waals surface area contributed by atoms with Crippen LogP contribution in [0.25, 0.3) is 32.4 Å². The standard InChI is InChI=1S/C26H18F4N6O2S2/c1-13-6-7-17(28)24(20(13)29)40(37,38)36-18-5-3-4-16(21(18)30)22-23(19-8-9-33-26(31-2)34-19)39-25(35-22)14-10-15(27)12-32-11-14/h3-12,36H,1-2H3,(H,31,33,34). The van der Waals surface area contributed by atoms with Crippen molar-refractivity contribution in [2.45, 2.75) is 11.8 Å². The molecule has 0 fully saturated rings. The van der Waals surface area contributed by atoms with E-state index < -0.39 is 43.9 Å². The van der Waals surface area contributed by atoms with Crippen LogP contribution < -0.4 is 10.0 Å². The van der Waals surface area contributed by atoms with Crippen LogP contribution in [0, 0.1) is 30.2 Å². The third-order valence-electron chi connectivity index (χ3n) is 5.70. The second-order valence-corrected chi connectivity index (χ2v) is 11.0. The quantitative estimate of drug-likeness (QED) is 0.224.